The van der Waals surface area contributed by atoms with E-state index in [2.05, 4.69) is 41.9 Å². The second kappa shape index (κ2) is 6.90. The molecular weight excluding hydrogens is 474 g/mol. The molecule has 0 amide bonds. The van der Waals surface area contributed by atoms with Crippen molar-refractivity contribution in [3.05, 3.63) is 74.9 Å². The van der Waals surface area contributed by atoms with Gasteiger partial charge in [0.25, 0.3) is 0 Å². The summed E-state index contributed by atoms with van der Waals surface area (Å²) in [6.07, 6.45) is 1.72. The average molecular weight is 487 g/mol. The molecule has 0 unspecified atom stereocenters. The molecule has 0 bridgehead atoms. The lowest BCUT2D eigenvalue weighted by Crippen LogP contribution is -2.01. The molecular formula is C20H13Br2N3O2. The zero-order valence-electron chi connectivity index (χ0n) is 14.1. The number of carboxylic acid groups (broad SMARTS) is 1. The summed E-state index contributed by atoms with van der Waals surface area (Å²) in [6, 6.07) is 14.9. The number of benzene rings is 2. The van der Waals surface area contributed by atoms with Crippen molar-refractivity contribution >= 4 is 48.7 Å². The number of halogens is 2. The van der Waals surface area contributed by atoms with Crippen molar-refractivity contribution in [3.63, 3.8) is 0 Å². The van der Waals surface area contributed by atoms with E-state index in [0.29, 0.717) is 16.6 Å². The molecule has 27 heavy (non-hydrogen) atoms. The Morgan fingerprint density at radius 1 is 1.04 bits per heavy atom. The number of rotatable bonds is 3. The Labute approximate surface area is 171 Å². The van der Waals surface area contributed by atoms with Gasteiger partial charge in [-0.15, -0.1) is 0 Å². The van der Waals surface area contributed by atoms with Crippen molar-refractivity contribution in [2.45, 2.75) is 6.92 Å². The van der Waals surface area contributed by atoms with Gasteiger partial charge in [-0.3, -0.25) is 0 Å². The fraction of sp³-hybridized carbons (Fsp3) is 0.0500. The highest BCUT2D eigenvalue weighted by Gasteiger charge is 2.17. The second-order valence-corrected chi connectivity index (χ2v) is 7.88. The van der Waals surface area contributed by atoms with Gasteiger partial charge >= 0.3 is 5.97 Å². The number of nitrogens with zero attached hydrogens (tertiary/aromatic N) is 3. The third kappa shape index (κ3) is 3.28. The van der Waals surface area contributed by atoms with Crippen LogP contribution in [-0.4, -0.2) is 25.8 Å². The molecule has 2 aromatic carbocycles. The van der Waals surface area contributed by atoms with Crippen molar-refractivity contribution < 1.29 is 9.90 Å². The van der Waals surface area contributed by atoms with Crippen LogP contribution in [0.1, 0.15) is 16.1 Å². The maximum atomic E-state index is 11.8. The predicted octanol–water partition coefficient (Wildman–Crippen LogP) is 5.62. The van der Waals surface area contributed by atoms with Crippen LogP contribution in [0.3, 0.4) is 0 Å². The quantitative estimate of drug-likeness (QED) is 0.408. The first-order valence-electron chi connectivity index (χ1n) is 8.08. The number of fused-ring (bicyclic) bond motifs is 1. The number of carboxylic acids is 1. The molecule has 0 radical (unpaired) electrons. The van der Waals surface area contributed by atoms with Gasteiger partial charge in [0.2, 0.25) is 0 Å². The van der Waals surface area contributed by atoms with Crippen LogP contribution < -0.4 is 0 Å². The Hall–Kier alpha value is -2.51. The van der Waals surface area contributed by atoms with Crippen LogP contribution in [0.25, 0.3) is 27.8 Å². The highest BCUT2D eigenvalue weighted by molar-refractivity contribution is 9.10. The van der Waals surface area contributed by atoms with Crippen LogP contribution in [0.4, 0.5) is 0 Å². The molecule has 4 rings (SSSR count). The van der Waals surface area contributed by atoms with Crippen molar-refractivity contribution in [2.24, 2.45) is 0 Å². The highest BCUT2D eigenvalue weighted by atomic mass is 79.9. The summed E-state index contributed by atoms with van der Waals surface area (Å²) in [5, 5.41) is 14.7. The smallest absolute Gasteiger partial charge is 0.336 e. The lowest BCUT2D eigenvalue weighted by Gasteiger charge is -2.08. The van der Waals surface area contributed by atoms with E-state index in [4.69, 9.17) is 0 Å². The molecule has 2 heterocycles. The zero-order valence-corrected chi connectivity index (χ0v) is 17.3. The zero-order chi connectivity index (χ0) is 19.1. The number of pyridine rings is 1. The molecule has 0 aliphatic carbocycles. The molecule has 0 aliphatic heterocycles. The van der Waals surface area contributed by atoms with Gasteiger partial charge in [0, 0.05) is 19.9 Å². The number of hydrogen-bond donors (Lipinski definition) is 1. The predicted molar refractivity (Wildman–Crippen MR) is 111 cm³/mol. The van der Waals surface area contributed by atoms with Gasteiger partial charge in [0.1, 0.15) is 0 Å². The third-order valence-electron chi connectivity index (χ3n) is 4.36. The van der Waals surface area contributed by atoms with E-state index < -0.39 is 5.97 Å². The molecule has 0 fully saturated rings. The van der Waals surface area contributed by atoms with E-state index in [-0.39, 0.29) is 5.56 Å². The van der Waals surface area contributed by atoms with Gasteiger partial charge in [-0.05, 0) is 55.5 Å². The van der Waals surface area contributed by atoms with Gasteiger partial charge < -0.3 is 5.11 Å². The molecule has 1 N–H and O–H groups in total. The molecule has 134 valence electrons. The summed E-state index contributed by atoms with van der Waals surface area (Å²) in [5.74, 6) is -0.986. The summed E-state index contributed by atoms with van der Waals surface area (Å²) in [7, 11) is 0. The molecule has 2 aromatic heterocycles. The molecule has 7 heteroatoms. The summed E-state index contributed by atoms with van der Waals surface area (Å²) in [4.78, 5) is 16.5. The number of aromatic carboxylic acids is 1. The third-order valence-corrected chi connectivity index (χ3v) is 5.38. The van der Waals surface area contributed by atoms with E-state index in [0.717, 1.165) is 25.9 Å². The SMILES string of the molecule is Cc1c(-c2cc(C(=O)O)c3cc(Br)ccc3n2)cnn1-c1ccc(Br)cc1. The van der Waals surface area contributed by atoms with Gasteiger partial charge in [-0.2, -0.15) is 5.10 Å². The fourth-order valence-electron chi connectivity index (χ4n) is 3.02. The Kier molecular flexibility index (Phi) is 4.57. The molecule has 0 saturated heterocycles. The fourth-order valence-corrected chi connectivity index (χ4v) is 3.64. The molecule has 5 nitrogen and oxygen atoms in total. The minimum atomic E-state index is -0.986. The average Bonchev–Trinajstić information content (AvgIpc) is 3.03. The summed E-state index contributed by atoms with van der Waals surface area (Å²) in [5.41, 5.74) is 4.03. The first kappa shape index (κ1) is 17.9. The number of carbonyl (C=O) groups is 1. The lowest BCUT2D eigenvalue weighted by atomic mass is 10.0. The van der Waals surface area contributed by atoms with E-state index in [9.17, 15) is 9.90 Å². The van der Waals surface area contributed by atoms with Crippen LogP contribution in [0, 0.1) is 6.92 Å². The van der Waals surface area contributed by atoms with Crippen LogP contribution in [-0.2, 0) is 0 Å². The lowest BCUT2D eigenvalue weighted by molar-refractivity contribution is 0.0699. The number of aromatic nitrogens is 3. The van der Waals surface area contributed by atoms with Crippen molar-refractivity contribution in [2.75, 3.05) is 0 Å². The largest absolute Gasteiger partial charge is 0.478 e. The Bertz CT molecular complexity index is 1180. The van der Waals surface area contributed by atoms with E-state index in [1.807, 2.05) is 48.0 Å². The van der Waals surface area contributed by atoms with Gasteiger partial charge in [-0.1, -0.05) is 31.9 Å². The van der Waals surface area contributed by atoms with Crippen molar-refractivity contribution in [3.8, 4) is 16.9 Å². The summed E-state index contributed by atoms with van der Waals surface area (Å²) < 4.78 is 3.62. The van der Waals surface area contributed by atoms with Crippen molar-refractivity contribution in [1.82, 2.24) is 14.8 Å². The molecule has 0 aliphatic rings. The van der Waals surface area contributed by atoms with Crippen LogP contribution >= 0.6 is 31.9 Å². The molecule has 0 saturated carbocycles. The van der Waals surface area contributed by atoms with Gasteiger partial charge in [-0.25, -0.2) is 14.5 Å². The van der Waals surface area contributed by atoms with Gasteiger partial charge in [0.15, 0.2) is 0 Å². The summed E-state index contributed by atoms with van der Waals surface area (Å²) >= 11 is 6.82. The Morgan fingerprint density at radius 2 is 1.74 bits per heavy atom. The maximum Gasteiger partial charge on any atom is 0.336 e. The van der Waals surface area contributed by atoms with E-state index in [1.165, 1.54) is 0 Å². The standard InChI is InChI=1S/C20H13Br2N3O2/c1-11-17(10-23-25(11)14-5-2-12(21)3-6-14)19-9-16(20(26)27)15-8-13(22)4-7-18(15)24-19/h2-10H,1H3,(H,26,27). The van der Waals surface area contributed by atoms with Gasteiger partial charge in [0.05, 0.1) is 34.4 Å². The van der Waals surface area contributed by atoms with Crippen molar-refractivity contribution in [1.29, 1.82) is 0 Å². The van der Waals surface area contributed by atoms with E-state index >= 15 is 0 Å². The first-order valence-corrected chi connectivity index (χ1v) is 9.67. The van der Waals surface area contributed by atoms with E-state index in [1.54, 1.807) is 18.3 Å². The van der Waals surface area contributed by atoms with Crippen LogP contribution in [0.15, 0.2) is 63.7 Å². The monoisotopic (exact) mass is 485 g/mol. The highest BCUT2D eigenvalue weighted by Crippen LogP contribution is 2.29. The minimum Gasteiger partial charge on any atom is -0.478 e. The minimum absolute atomic E-state index is 0.215. The first-order chi connectivity index (χ1) is 12.9. The number of hydrogen-bond acceptors (Lipinski definition) is 3. The molecule has 4 aromatic rings. The topological polar surface area (TPSA) is 68.0 Å². The Morgan fingerprint density at radius 3 is 2.44 bits per heavy atom. The summed E-state index contributed by atoms with van der Waals surface area (Å²) in [6.45, 7) is 1.94. The molecule has 0 spiro atoms. The Balaban J connectivity index is 1.89. The maximum absolute atomic E-state index is 11.8. The normalized spacial score (nSPS) is 11.1. The van der Waals surface area contributed by atoms with Crippen LogP contribution in [0.5, 0.6) is 0 Å². The second-order valence-electron chi connectivity index (χ2n) is 6.05. The molecule has 0 atom stereocenters. The van der Waals surface area contributed by atoms with Crippen LogP contribution in [0.2, 0.25) is 0 Å².